The molecule has 0 spiro atoms. The third-order valence-electron chi connectivity index (χ3n) is 5.33. The van der Waals surface area contributed by atoms with Crippen LogP contribution in [-0.2, 0) is 12.8 Å². The third kappa shape index (κ3) is 3.10. The molecule has 1 aliphatic carbocycles. The highest BCUT2D eigenvalue weighted by molar-refractivity contribution is 5.82. The van der Waals surface area contributed by atoms with Crippen molar-refractivity contribution >= 4 is 6.08 Å². The zero-order chi connectivity index (χ0) is 19.0. The third-order valence-corrected chi connectivity index (χ3v) is 5.33. The summed E-state index contributed by atoms with van der Waals surface area (Å²) in [5.41, 5.74) is 9.47. The second-order valence-corrected chi connectivity index (χ2v) is 7.43. The molecule has 1 aliphatic rings. The SMILES string of the molecule is C/C=C/c1c(-c2ccc(F)cc2)nc2c(c1C(C)C)CCc1ccccc1-2. The second kappa shape index (κ2) is 7.11. The van der Waals surface area contributed by atoms with Gasteiger partial charge in [0.25, 0.3) is 0 Å². The maximum absolute atomic E-state index is 13.5. The first-order valence-electron chi connectivity index (χ1n) is 9.63. The van der Waals surface area contributed by atoms with Crippen LogP contribution in [-0.4, -0.2) is 4.98 Å². The van der Waals surface area contributed by atoms with Crippen molar-refractivity contribution in [3.8, 4) is 22.5 Å². The van der Waals surface area contributed by atoms with E-state index in [9.17, 15) is 4.39 Å². The van der Waals surface area contributed by atoms with Crippen LogP contribution in [0.2, 0.25) is 0 Å². The summed E-state index contributed by atoms with van der Waals surface area (Å²) in [4.78, 5) is 5.14. The Morgan fingerprint density at radius 2 is 1.70 bits per heavy atom. The van der Waals surface area contributed by atoms with Crippen molar-refractivity contribution in [1.82, 2.24) is 4.98 Å². The summed E-state index contributed by atoms with van der Waals surface area (Å²) in [5.74, 6) is 0.163. The first kappa shape index (κ1) is 17.7. The average Bonchev–Trinajstić information content (AvgIpc) is 2.68. The molecule has 0 bridgehead atoms. The molecule has 0 saturated carbocycles. The summed E-state index contributed by atoms with van der Waals surface area (Å²) in [6.45, 7) is 6.53. The van der Waals surface area contributed by atoms with Crippen LogP contribution in [0.3, 0.4) is 0 Å². The molecule has 0 fully saturated rings. The van der Waals surface area contributed by atoms with Crippen molar-refractivity contribution in [1.29, 1.82) is 0 Å². The lowest BCUT2D eigenvalue weighted by molar-refractivity contribution is 0.628. The first-order valence-corrected chi connectivity index (χ1v) is 9.63. The summed E-state index contributed by atoms with van der Waals surface area (Å²) >= 11 is 0. The van der Waals surface area contributed by atoms with Crippen molar-refractivity contribution in [3.63, 3.8) is 0 Å². The number of rotatable bonds is 3. The van der Waals surface area contributed by atoms with Crippen molar-refractivity contribution in [2.45, 2.75) is 39.5 Å². The van der Waals surface area contributed by atoms with Crippen LogP contribution in [0.15, 0.2) is 54.6 Å². The summed E-state index contributed by atoms with van der Waals surface area (Å²) in [6, 6.07) is 15.2. The Morgan fingerprint density at radius 3 is 2.41 bits per heavy atom. The quantitative estimate of drug-likeness (QED) is 0.502. The molecular weight excluding hydrogens is 333 g/mol. The van der Waals surface area contributed by atoms with Gasteiger partial charge in [-0.25, -0.2) is 9.37 Å². The zero-order valence-corrected chi connectivity index (χ0v) is 16.1. The Kier molecular flexibility index (Phi) is 4.65. The molecule has 0 unspecified atom stereocenters. The molecule has 1 aromatic heterocycles. The zero-order valence-electron chi connectivity index (χ0n) is 16.1. The highest BCUT2D eigenvalue weighted by Gasteiger charge is 2.25. The van der Waals surface area contributed by atoms with Crippen molar-refractivity contribution in [3.05, 3.63) is 82.7 Å². The number of fused-ring (bicyclic) bond motifs is 3. The van der Waals surface area contributed by atoms with Gasteiger partial charge in [-0.2, -0.15) is 0 Å². The number of allylic oxidation sites excluding steroid dienone is 1. The van der Waals surface area contributed by atoms with Crippen LogP contribution >= 0.6 is 0 Å². The average molecular weight is 357 g/mol. The molecule has 2 heteroatoms. The number of pyridine rings is 1. The minimum atomic E-state index is -0.223. The Bertz CT molecular complexity index is 1010. The highest BCUT2D eigenvalue weighted by atomic mass is 19.1. The van der Waals surface area contributed by atoms with Gasteiger partial charge in [0.15, 0.2) is 0 Å². The van der Waals surface area contributed by atoms with Gasteiger partial charge in [-0.1, -0.05) is 50.3 Å². The number of aryl methyl sites for hydroxylation is 1. The number of aromatic nitrogens is 1. The minimum absolute atomic E-state index is 0.223. The number of benzene rings is 2. The molecule has 1 heterocycles. The molecule has 0 aliphatic heterocycles. The lowest BCUT2D eigenvalue weighted by atomic mass is 9.80. The first-order chi connectivity index (χ1) is 13.1. The smallest absolute Gasteiger partial charge is 0.123 e. The van der Waals surface area contributed by atoms with Gasteiger partial charge < -0.3 is 0 Å². The van der Waals surface area contributed by atoms with Crippen LogP contribution in [0, 0.1) is 5.82 Å². The molecular formula is C25H24FN. The van der Waals surface area contributed by atoms with Gasteiger partial charge in [0.05, 0.1) is 11.4 Å². The van der Waals surface area contributed by atoms with Gasteiger partial charge in [0.1, 0.15) is 5.82 Å². The van der Waals surface area contributed by atoms with Crippen LogP contribution < -0.4 is 0 Å². The highest BCUT2D eigenvalue weighted by Crippen LogP contribution is 2.41. The summed E-state index contributed by atoms with van der Waals surface area (Å²) < 4.78 is 13.5. The predicted octanol–water partition coefficient (Wildman–Crippen LogP) is 6.81. The largest absolute Gasteiger partial charge is 0.247 e. The summed E-state index contributed by atoms with van der Waals surface area (Å²) in [6.07, 6.45) is 6.29. The maximum atomic E-state index is 13.5. The minimum Gasteiger partial charge on any atom is -0.247 e. The Morgan fingerprint density at radius 1 is 0.963 bits per heavy atom. The van der Waals surface area contributed by atoms with E-state index in [4.69, 9.17) is 4.98 Å². The van der Waals surface area contributed by atoms with E-state index in [1.807, 2.05) is 19.1 Å². The number of nitrogens with zero attached hydrogens (tertiary/aromatic N) is 1. The van der Waals surface area contributed by atoms with E-state index in [1.54, 1.807) is 0 Å². The molecule has 3 aromatic rings. The van der Waals surface area contributed by atoms with Gasteiger partial charge in [-0.15, -0.1) is 0 Å². The van der Waals surface area contributed by atoms with Crippen LogP contribution in [0.25, 0.3) is 28.6 Å². The van der Waals surface area contributed by atoms with E-state index < -0.39 is 0 Å². The molecule has 0 radical (unpaired) electrons. The second-order valence-electron chi connectivity index (χ2n) is 7.43. The fraction of sp³-hybridized carbons (Fsp3) is 0.240. The fourth-order valence-electron chi connectivity index (χ4n) is 4.18. The Balaban J connectivity index is 2.07. The van der Waals surface area contributed by atoms with Gasteiger partial charge >= 0.3 is 0 Å². The number of hydrogen-bond donors (Lipinski definition) is 0. The van der Waals surface area contributed by atoms with E-state index in [1.165, 1.54) is 34.4 Å². The number of hydrogen-bond acceptors (Lipinski definition) is 1. The predicted molar refractivity (Wildman–Crippen MR) is 111 cm³/mol. The molecule has 0 amide bonds. The van der Waals surface area contributed by atoms with Crippen molar-refractivity contribution in [2.24, 2.45) is 0 Å². The summed E-state index contributed by atoms with van der Waals surface area (Å²) in [5, 5.41) is 0. The van der Waals surface area contributed by atoms with Crippen LogP contribution in [0.4, 0.5) is 4.39 Å². The van der Waals surface area contributed by atoms with Gasteiger partial charge in [0, 0.05) is 16.7 Å². The monoisotopic (exact) mass is 357 g/mol. The Labute approximate surface area is 160 Å². The molecule has 1 nitrogen and oxygen atoms in total. The van der Waals surface area contributed by atoms with E-state index in [0.29, 0.717) is 5.92 Å². The van der Waals surface area contributed by atoms with Crippen molar-refractivity contribution in [2.75, 3.05) is 0 Å². The van der Waals surface area contributed by atoms with Crippen LogP contribution in [0.1, 0.15) is 48.9 Å². The standard InChI is InChI=1S/C25H24FN/c1-4-7-21-23(16(2)3)22-15-12-17-8-5-6-9-20(17)25(22)27-24(21)18-10-13-19(26)14-11-18/h4-11,13-14,16H,12,15H2,1-3H3/b7-4+. The molecule has 0 N–H and O–H groups in total. The van der Waals surface area contributed by atoms with E-state index in [-0.39, 0.29) is 5.82 Å². The molecule has 0 saturated heterocycles. The topological polar surface area (TPSA) is 12.9 Å². The lowest BCUT2D eigenvalue weighted by Crippen LogP contribution is -2.13. The summed E-state index contributed by atoms with van der Waals surface area (Å²) in [7, 11) is 0. The van der Waals surface area contributed by atoms with Gasteiger partial charge in [-0.05, 0) is 66.6 Å². The van der Waals surface area contributed by atoms with E-state index in [0.717, 1.165) is 35.4 Å². The normalized spacial score (nSPS) is 13.1. The Hall–Kier alpha value is -2.74. The molecule has 2 aromatic carbocycles. The van der Waals surface area contributed by atoms with E-state index >= 15 is 0 Å². The molecule has 0 atom stereocenters. The van der Waals surface area contributed by atoms with Crippen LogP contribution in [0.5, 0.6) is 0 Å². The van der Waals surface area contributed by atoms with Gasteiger partial charge in [0.2, 0.25) is 0 Å². The van der Waals surface area contributed by atoms with E-state index in [2.05, 4.69) is 50.3 Å². The fourth-order valence-corrected chi connectivity index (χ4v) is 4.18. The lowest BCUT2D eigenvalue weighted by Gasteiger charge is -2.27. The molecule has 136 valence electrons. The van der Waals surface area contributed by atoms with Crippen molar-refractivity contribution < 1.29 is 4.39 Å². The molecule has 4 rings (SSSR count). The maximum Gasteiger partial charge on any atom is 0.123 e. The molecule has 27 heavy (non-hydrogen) atoms. The number of halogens is 1. The van der Waals surface area contributed by atoms with Gasteiger partial charge in [-0.3, -0.25) is 0 Å².